The molecule has 0 aliphatic rings. The van der Waals surface area contributed by atoms with Crippen molar-refractivity contribution in [3.05, 3.63) is 11.9 Å². The molecular formula is C13H25N3O2. The normalized spacial score (nSPS) is 13.3. The van der Waals surface area contributed by atoms with Crippen molar-refractivity contribution in [2.75, 3.05) is 20.8 Å². The monoisotopic (exact) mass is 255 g/mol. The molecule has 1 atom stereocenters. The molecule has 1 rings (SSSR count). The number of nitrogens with zero attached hydrogens (tertiary/aromatic N) is 2. The molecule has 1 N–H and O–H groups in total. The molecule has 0 fully saturated rings. The number of rotatable bonds is 7. The first-order valence-corrected chi connectivity index (χ1v) is 6.41. The molecule has 0 aliphatic heterocycles. The molecule has 5 heteroatoms. The molecule has 0 saturated carbocycles. The van der Waals surface area contributed by atoms with Crippen LogP contribution in [0.2, 0.25) is 0 Å². The van der Waals surface area contributed by atoms with Crippen LogP contribution in [0.3, 0.4) is 0 Å². The summed E-state index contributed by atoms with van der Waals surface area (Å²) in [5.74, 6) is 0.801. The first-order valence-electron chi connectivity index (χ1n) is 6.41. The molecule has 0 aliphatic carbocycles. The maximum Gasteiger partial charge on any atom is 0.161 e. The highest BCUT2D eigenvalue weighted by atomic mass is 16.5. The van der Waals surface area contributed by atoms with Crippen molar-refractivity contribution < 1.29 is 9.47 Å². The van der Waals surface area contributed by atoms with Gasteiger partial charge in [0.15, 0.2) is 5.75 Å². The lowest BCUT2D eigenvalue weighted by Gasteiger charge is -2.22. The molecule has 1 unspecified atom stereocenters. The van der Waals surface area contributed by atoms with E-state index in [4.69, 9.17) is 9.47 Å². The van der Waals surface area contributed by atoms with E-state index in [0.29, 0.717) is 12.6 Å². The van der Waals surface area contributed by atoms with Crippen LogP contribution in [0.15, 0.2) is 6.20 Å². The Hall–Kier alpha value is -1.07. The minimum Gasteiger partial charge on any atom is -0.493 e. The van der Waals surface area contributed by atoms with Crippen molar-refractivity contribution in [2.45, 2.75) is 45.9 Å². The summed E-state index contributed by atoms with van der Waals surface area (Å²) in [7, 11) is 3.59. The lowest BCUT2D eigenvalue weighted by atomic mass is 10.2. The van der Waals surface area contributed by atoms with E-state index in [1.54, 1.807) is 13.3 Å². The molecule has 1 aromatic rings. The molecule has 0 aromatic carbocycles. The van der Waals surface area contributed by atoms with Gasteiger partial charge in [0, 0.05) is 6.04 Å². The summed E-state index contributed by atoms with van der Waals surface area (Å²) in [6, 6.07) is 0.367. The van der Waals surface area contributed by atoms with Crippen LogP contribution in [0.1, 0.15) is 45.5 Å². The minimum atomic E-state index is 0.0762. The topological polar surface area (TPSA) is 48.3 Å². The van der Waals surface area contributed by atoms with Gasteiger partial charge >= 0.3 is 0 Å². The Labute approximate surface area is 109 Å². The van der Waals surface area contributed by atoms with Crippen molar-refractivity contribution >= 4 is 0 Å². The van der Waals surface area contributed by atoms with Crippen molar-refractivity contribution in [2.24, 2.45) is 0 Å². The van der Waals surface area contributed by atoms with Gasteiger partial charge in [-0.2, -0.15) is 5.10 Å². The summed E-state index contributed by atoms with van der Waals surface area (Å²) in [6.07, 6.45) is 1.97. The van der Waals surface area contributed by atoms with E-state index in [1.807, 2.05) is 25.6 Å². The zero-order valence-electron chi connectivity index (χ0n) is 12.2. The van der Waals surface area contributed by atoms with E-state index in [9.17, 15) is 0 Å². The van der Waals surface area contributed by atoms with Crippen LogP contribution < -0.4 is 10.1 Å². The highest BCUT2D eigenvalue weighted by Crippen LogP contribution is 2.27. The molecule has 1 aromatic heterocycles. The van der Waals surface area contributed by atoms with Crippen LogP contribution >= 0.6 is 0 Å². The summed E-state index contributed by atoms with van der Waals surface area (Å²) in [5.41, 5.74) is 1.04. The number of methoxy groups -OCH3 is 1. The first-order chi connectivity index (χ1) is 8.51. The smallest absolute Gasteiger partial charge is 0.161 e. The van der Waals surface area contributed by atoms with E-state index in [0.717, 1.165) is 11.4 Å². The van der Waals surface area contributed by atoms with Gasteiger partial charge in [0.25, 0.3) is 0 Å². The van der Waals surface area contributed by atoms with Gasteiger partial charge in [0.1, 0.15) is 0 Å². The predicted octanol–water partition coefficient (Wildman–Crippen LogP) is 2.16. The molecule has 0 bridgehead atoms. The van der Waals surface area contributed by atoms with Crippen molar-refractivity contribution in [3.8, 4) is 5.75 Å². The molecule has 18 heavy (non-hydrogen) atoms. The maximum absolute atomic E-state index is 5.69. The van der Waals surface area contributed by atoms with Gasteiger partial charge < -0.3 is 14.8 Å². The van der Waals surface area contributed by atoms with E-state index >= 15 is 0 Å². The van der Waals surface area contributed by atoms with Crippen LogP contribution in [0.4, 0.5) is 0 Å². The van der Waals surface area contributed by atoms with Gasteiger partial charge in [-0.15, -0.1) is 0 Å². The number of nitrogens with one attached hydrogen (secondary N) is 1. The van der Waals surface area contributed by atoms with Gasteiger partial charge in [-0.05, 0) is 34.7 Å². The highest BCUT2D eigenvalue weighted by Gasteiger charge is 2.22. The largest absolute Gasteiger partial charge is 0.493 e. The SMILES string of the molecule is CNC(COC(C)C)c1c(OC)cnn1C(C)C. The average Bonchev–Trinajstić information content (AvgIpc) is 2.73. The van der Waals surface area contributed by atoms with Crippen molar-refractivity contribution in [1.29, 1.82) is 0 Å². The van der Waals surface area contributed by atoms with E-state index in [2.05, 4.69) is 24.3 Å². The van der Waals surface area contributed by atoms with E-state index in [-0.39, 0.29) is 12.1 Å². The van der Waals surface area contributed by atoms with Gasteiger partial charge in [0.05, 0.1) is 37.8 Å². The molecule has 1 heterocycles. The molecular weight excluding hydrogens is 230 g/mol. The van der Waals surface area contributed by atoms with Crippen LogP contribution in [0, 0.1) is 0 Å². The fourth-order valence-corrected chi connectivity index (χ4v) is 1.84. The first kappa shape index (κ1) is 15.0. The average molecular weight is 255 g/mol. The molecule has 0 spiro atoms. The van der Waals surface area contributed by atoms with Crippen LogP contribution in [0.25, 0.3) is 0 Å². The molecule has 0 saturated heterocycles. The molecule has 5 nitrogen and oxygen atoms in total. The van der Waals surface area contributed by atoms with Gasteiger partial charge in [-0.1, -0.05) is 0 Å². The second kappa shape index (κ2) is 6.75. The Balaban J connectivity index is 2.98. The van der Waals surface area contributed by atoms with Gasteiger partial charge in [-0.25, -0.2) is 0 Å². The summed E-state index contributed by atoms with van der Waals surface area (Å²) < 4.78 is 13.1. The fourth-order valence-electron chi connectivity index (χ4n) is 1.84. The Morgan fingerprint density at radius 1 is 1.33 bits per heavy atom. The molecule has 0 amide bonds. The quantitative estimate of drug-likeness (QED) is 0.811. The second-order valence-electron chi connectivity index (χ2n) is 4.86. The summed E-state index contributed by atoms with van der Waals surface area (Å²) in [6.45, 7) is 8.87. The molecule has 104 valence electrons. The zero-order valence-corrected chi connectivity index (χ0v) is 12.2. The Morgan fingerprint density at radius 2 is 2.00 bits per heavy atom. The third kappa shape index (κ3) is 3.46. The number of likely N-dealkylation sites (N-methyl/N-ethyl adjacent to an activating group) is 1. The Kier molecular flexibility index (Phi) is 5.62. The zero-order chi connectivity index (χ0) is 13.7. The van der Waals surface area contributed by atoms with Crippen LogP contribution in [-0.4, -0.2) is 36.6 Å². The Bertz CT molecular complexity index is 361. The summed E-state index contributed by atoms with van der Waals surface area (Å²) in [4.78, 5) is 0. The fraction of sp³-hybridized carbons (Fsp3) is 0.769. The number of aromatic nitrogens is 2. The third-order valence-corrected chi connectivity index (χ3v) is 2.78. The summed E-state index contributed by atoms with van der Waals surface area (Å²) >= 11 is 0. The second-order valence-corrected chi connectivity index (χ2v) is 4.86. The maximum atomic E-state index is 5.69. The van der Waals surface area contributed by atoms with Gasteiger partial charge in [-0.3, -0.25) is 4.68 Å². The highest BCUT2D eigenvalue weighted by molar-refractivity contribution is 5.28. The predicted molar refractivity (Wildman–Crippen MR) is 72.1 cm³/mol. The van der Waals surface area contributed by atoms with E-state index in [1.165, 1.54) is 0 Å². The van der Waals surface area contributed by atoms with Crippen molar-refractivity contribution in [1.82, 2.24) is 15.1 Å². The van der Waals surface area contributed by atoms with Crippen LogP contribution in [-0.2, 0) is 4.74 Å². The third-order valence-electron chi connectivity index (χ3n) is 2.78. The summed E-state index contributed by atoms with van der Waals surface area (Å²) in [5, 5.41) is 7.64. The Morgan fingerprint density at radius 3 is 2.44 bits per heavy atom. The lowest BCUT2D eigenvalue weighted by Crippen LogP contribution is -2.27. The van der Waals surface area contributed by atoms with Crippen molar-refractivity contribution in [3.63, 3.8) is 0 Å². The number of ether oxygens (including phenoxy) is 2. The standard InChI is InChI=1S/C13H25N3O2/c1-9(2)16-13(12(17-6)7-15-16)11(14-5)8-18-10(3)4/h7,9-11,14H,8H2,1-6H3. The number of hydrogen-bond acceptors (Lipinski definition) is 4. The van der Waals surface area contributed by atoms with E-state index < -0.39 is 0 Å². The van der Waals surface area contributed by atoms with Gasteiger partial charge in [0.2, 0.25) is 0 Å². The minimum absolute atomic E-state index is 0.0762. The van der Waals surface area contributed by atoms with Crippen LogP contribution in [0.5, 0.6) is 5.75 Å². The number of hydrogen-bond donors (Lipinski definition) is 1. The lowest BCUT2D eigenvalue weighted by molar-refractivity contribution is 0.0602. The molecule has 0 radical (unpaired) electrons.